The number of amides is 1. The Balaban J connectivity index is 1.65. The molecule has 0 saturated carbocycles. The van der Waals surface area contributed by atoms with Gasteiger partial charge in [-0.25, -0.2) is 4.98 Å². The zero-order chi connectivity index (χ0) is 22.0. The minimum atomic E-state index is -4.43. The van der Waals surface area contributed by atoms with Crippen molar-refractivity contribution < 1.29 is 22.7 Å². The number of nitrogens with one attached hydrogen (secondary N) is 1. The first-order chi connectivity index (χ1) is 14.9. The van der Waals surface area contributed by atoms with Crippen LogP contribution >= 0.6 is 11.3 Å². The van der Waals surface area contributed by atoms with E-state index in [2.05, 4.69) is 10.3 Å². The van der Waals surface area contributed by atoms with Crippen molar-refractivity contribution in [1.29, 1.82) is 0 Å². The average Bonchev–Trinajstić information content (AvgIpc) is 3.17. The number of fused-ring (bicyclic) bond motifs is 1. The van der Waals surface area contributed by atoms with E-state index < -0.39 is 11.7 Å². The number of thiophene rings is 1. The van der Waals surface area contributed by atoms with E-state index in [4.69, 9.17) is 4.74 Å². The lowest BCUT2D eigenvalue weighted by atomic mass is 10.0. The van der Waals surface area contributed by atoms with Crippen LogP contribution in [-0.4, -0.2) is 18.0 Å². The van der Waals surface area contributed by atoms with E-state index in [1.54, 1.807) is 37.6 Å². The number of nitrogens with zero attached hydrogens (tertiary/aromatic N) is 1. The molecule has 2 heterocycles. The first kappa shape index (κ1) is 20.9. The molecule has 31 heavy (non-hydrogen) atoms. The second kappa shape index (κ2) is 8.39. The maximum Gasteiger partial charge on any atom is 0.416 e. The summed E-state index contributed by atoms with van der Waals surface area (Å²) in [5.74, 6) is 0.322. The number of carbonyl (C=O) groups excluding carboxylic acids is 1. The fourth-order valence-corrected chi connectivity index (χ4v) is 4.34. The number of halogens is 3. The van der Waals surface area contributed by atoms with E-state index in [0.717, 1.165) is 28.6 Å². The van der Waals surface area contributed by atoms with Gasteiger partial charge in [0.2, 0.25) is 0 Å². The molecule has 0 radical (unpaired) electrons. The minimum Gasteiger partial charge on any atom is -0.497 e. The van der Waals surface area contributed by atoms with Crippen molar-refractivity contribution in [3.8, 4) is 16.9 Å². The zero-order valence-electron chi connectivity index (χ0n) is 16.4. The van der Waals surface area contributed by atoms with E-state index in [-0.39, 0.29) is 12.5 Å². The number of alkyl halides is 3. The summed E-state index contributed by atoms with van der Waals surface area (Å²) in [6.45, 7) is -0.0213. The van der Waals surface area contributed by atoms with Crippen LogP contribution in [0.4, 0.5) is 13.2 Å². The van der Waals surface area contributed by atoms with Gasteiger partial charge in [0.1, 0.15) is 15.5 Å². The summed E-state index contributed by atoms with van der Waals surface area (Å²) in [5, 5.41) is 3.57. The second-order valence-corrected chi connectivity index (χ2v) is 7.77. The third-order valence-corrected chi connectivity index (χ3v) is 5.87. The van der Waals surface area contributed by atoms with Crippen molar-refractivity contribution in [1.82, 2.24) is 10.3 Å². The lowest BCUT2D eigenvalue weighted by Gasteiger charge is -2.10. The predicted molar refractivity (Wildman–Crippen MR) is 114 cm³/mol. The Hall–Kier alpha value is -3.39. The summed E-state index contributed by atoms with van der Waals surface area (Å²) in [6, 6.07) is 15.9. The molecule has 2 aromatic heterocycles. The number of pyridine rings is 1. The molecule has 158 valence electrons. The Labute approximate surface area is 180 Å². The summed E-state index contributed by atoms with van der Waals surface area (Å²) in [4.78, 5) is 18.5. The predicted octanol–water partition coefficient (Wildman–Crippen LogP) is 5.92. The van der Waals surface area contributed by atoms with Crippen LogP contribution < -0.4 is 10.1 Å². The summed E-state index contributed by atoms with van der Waals surface area (Å²) in [7, 11) is 1.57. The molecule has 0 unspecified atom stereocenters. The quantitative estimate of drug-likeness (QED) is 0.417. The third-order valence-electron chi connectivity index (χ3n) is 4.76. The first-order valence-corrected chi connectivity index (χ1v) is 10.1. The number of hydrogen-bond acceptors (Lipinski definition) is 4. The van der Waals surface area contributed by atoms with Crippen LogP contribution in [0.2, 0.25) is 0 Å². The van der Waals surface area contributed by atoms with Gasteiger partial charge >= 0.3 is 6.18 Å². The van der Waals surface area contributed by atoms with E-state index in [1.807, 2.05) is 18.2 Å². The van der Waals surface area contributed by atoms with Crippen LogP contribution in [0, 0.1) is 0 Å². The lowest BCUT2D eigenvalue weighted by molar-refractivity contribution is -0.137. The van der Waals surface area contributed by atoms with Crippen LogP contribution in [0.3, 0.4) is 0 Å². The van der Waals surface area contributed by atoms with Gasteiger partial charge in [0.15, 0.2) is 0 Å². The molecule has 0 spiro atoms. The Kier molecular flexibility index (Phi) is 5.65. The molecule has 1 amide bonds. The second-order valence-electron chi connectivity index (χ2n) is 6.77. The summed E-state index contributed by atoms with van der Waals surface area (Å²) < 4.78 is 44.0. The van der Waals surface area contributed by atoms with E-state index in [0.29, 0.717) is 21.0 Å². The third kappa shape index (κ3) is 4.39. The highest BCUT2D eigenvalue weighted by atomic mass is 32.1. The highest BCUT2D eigenvalue weighted by molar-refractivity contribution is 7.21. The van der Waals surface area contributed by atoms with Crippen molar-refractivity contribution in [2.45, 2.75) is 12.7 Å². The normalized spacial score (nSPS) is 11.5. The number of aromatic nitrogens is 1. The summed E-state index contributed by atoms with van der Waals surface area (Å²) in [5.41, 5.74) is 1.18. The van der Waals surface area contributed by atoms with Crippen molar-refractivity contribution >= 4 is 27.5 Å². The Morgan fingerprint density at radius 1 is 1.10 bits per heavy atom. The van der Waals surface area contributed by atoms with Crippen LogP contribution in [0.1, 0.15) is 20.8 Å². The SMILES string of the molecule is COc1ccc(-c2c(C(=O)NCc3cccc(C(F)(F)F)c3)sc3ncccc23)cc1. The van der Waals surface area contributed by atoms with Gasteiger partial charge in [0.25, 0.3) is 5.91 Å². The standard InChI is InChI=1S/C23H17F3N2O2S/c1-30-17-9-7-15(8-10-17)19-18-6-3-11-27-22(18)31-20(19)21(29)28-13-14-4-2-5-16(12-14)23(24,25)26/h2-12H,13H2,1H3,(H,28,29). The Morgan fingerprint density at radius 3 is 2.58 bits per heavy atom. The molecule has 4 nitrogen and oxygen atoms in total. The molecule has 0 bridgehead atoms. The molecule has 0 fully saturated rings. The van der Waals surface area contributed by atoms with Gasteiger partial charge in [-0.15, -0.1) is 11.3 Å². The highest BCUT2D eigenvalue weighted by Crippen LogP contribution is 2.38. The van der Waals surface area contributed by atoms with Gasteiger partial charge in [-0.3, -0.25) is 4.79 Å². The van der Waals surface area contributed by atoms with Gasteiger partial charge in [0, 0.05) is 23.7 Å². The fraction of sp³-hybridized carbons (Fsp3) is 0.130. The largest absolute Gasteiger partial charge is 0.497 e. The van der Waals surface area contributed by atoms with Gasteiger partial charge < -0.3 is 10.1 Å². The van der Waals surface area contributed by atoms with Gasteiger partial charge in [-0.1, -0.05) is 24.3 Å². The smallest absolute Gasteiger partial charge is 0.416 e. The number of carbonyl (C=O) groups is 1. The molecule has 0 aliphatic rings. The monoisotopic (exact) mass is 442 g/mol. The maximum atomic E-state index is 13.0. The lowest BCUT2D eigenvalue weighted by Crippen LogP contribution is -2.22. The van der Waals surface area contributed by atoms with Gasteiger partial charge in [0.05, 0.1) is 12.7 Å². The molecule has 1 N–H and O–H groups in total. The summed E-state index contributed by atoms with van der Waals surface area (Å²) in [6.07, 6.45) is -2.78. The van der Waals surface area contributed by atoms with Crippen LogP contribution in [-0.2, 0) is 12.7 Å². The summed E-state index contributed by atoms with van der Waals surface area (Å²) >= 11 is 1.24. The Morgan fingerprint density at radius 2 is 1.87 bits per heavy atom. The first-order valence-electron chi connectivity index (χ1n) is 9.33. The zero-order valence-corrected chi connectivity index (χ0v) is 17.2. The van der Waals surface area contributed by atoms with E-state index in [1.165, 1.54) is 17.4 Å². The number of ether oxygens (including phenoxy) is 1. The molecule has 4 rings (SSSR count). The topological polar surface area (TPSA) is 51.2 Å². The van der Waals surface area contributed by atoms with Crippen LogP contribution in [0.5, 0.6) is 5.75 Å². The molecule has 0 atom stereocenters. The molecule has 8 heteroatoms. The molecular formula is C23H17F3N2O2S. The van der Waals surface area contributed by atoms with Crippen molar-refractivity contribution in [3.63, 3.8) is 0 Å². The van der Waals surface area contributed by atoms with Crippen molar-refractivity contribution in [3.05, 3.63) is 82.9 Å². The molecule has 2 aromatic carbocycles. The van der Waals surface area contributed by atoms with Crippen molar-refractivity contribution in [2.75, 3.05) is 7.11 Å². The average molecular weight is 442 g/mol. The van der Waals surface area contributed by atoms with Crippen molar-refractivity contribution in [2.24, 2.45) is 0 Å². The number of hydrogen-bond donors (Lipinski definition) is 1. The van der Waals surface area contributed by atoms with Crippen LogP contribution in [0.15, 0.2) is 66.9 Å². The Bertz CT molecular complexity index is 1230. The van der Waals surface area contributed by atoms with E-state index >= 15 is 0 Å². The van der Waals surface area contributed by atoms with E-state index in [9.17, 15) is 18.0 Å². The maximum absolute atomic E-state index is 13.0. The molecule has 0 aliphatic carbocycles. The number of rotatable bonds is 5. The molecule has 0 saturated heterocycles. The fourth-order valence-electron chi connectivity index (χ4n) is 3.26. The molecular weight excluding hydrogens is 425 g/mol. The van der Waals surface area contributed by atoms with Crippen LogP contribution in [0.25, 0.3) is 21.3 Å². The minimum absolute atomic E-state index is 0.0213. The number of benzene rings is 2. The molecule has 4 aromatic rings. The number of methoxy groups -OCH3 is 1. The van der Waals surface area contributed by atoms with Gasteiger partial charge in [-0.05, 0) is 47.5 Å². The highest BCUT2D eigenvalue weighted by Gasteiger charge is 2.30. The molecule has 0 aliphatic heterocycles. The van der Waals surface area contributed by atoms with Gasteiger partial charge in [-0.2, -0.15) is 13.2 Å².